The van der Waals surface area contributed by atoms with Gasteiger partial charge in [-0.25, -0.2) is 4.98 Å². The summed E-state index contributed by atoms with van der Waals surface area (Å²) in [5.41, 5.74) is 7.44. The van der Waals surface area contributed by atoms with Crippen molar-refractivity contribution in [3.8, 4) is 17.3 Å². The van der Waals surface area contributed by atoms with Crippen molar-refractivity contribution in [3.05, 3.63) is 98.9 Å². The van der Waals surface area contributed by atoms with Crippen molar-refractivity contribution in [2.75, 3.05) is 0 Å². The van der Waals surface area contributed by atoms with Crippen LogP contribution in [0.4, 0.5) is 0 Å². The van der Waals surface area contributed by atoms with Gasteiger partial charge in [0, 0.05) is 35.2 Å². The minimum absolute atomic E-state index is 0.192. The van der Waals surface area contributed by atoms with E-state index in [1.165, 1.54) is 10.6 Å². The molecule has 7 heteroatoms. The lowest BCUT2D eigenvalue weighted by Gasteiger charge is -2.25. The Morgan fingerprint density at radius 1 is 1.10 bits per heavy atom. The molecule has 1 atom stereocenters. The van der Waals surface area contributed by atoms with Crippen LogP contribution in [0.1, 0.15) is 16.7 Å². The minimum atomic E-state index is -1.80. The maximum Gasteiger partial charge on any atom is 0.251 e. The molecule has 148 valence electrons. The summed E-state index contributed by atoms with van der Waals surface area (Å²) in [4.78, 5) is 16.8. The lowest BCUT2D eigenvalue weighted by molar-refractivity contribution is 0.0885. The van der Waals surface area contributed by atoms with Crippen molar-refractivity contribution in [1.29, 1.82) is 5.26 Å². The topological polar surface area (TPSA) is 105 Å². The van der Waals surface area contributed by atoms with Crippen LogP contribution in [0.15, 0.2) is 71.5 Å². The third-order valence-electron chi connectivity index (χ3n) is 5.13. The molecule has 2 aromatic carbocycles. The lowest BCUT2D eigenvalue weighted by atomic mass is 9.92. The predicted molar refractivity (Wildman–Crippen MR) is 116 cm³/mol. The fourth-order valence-corrected chi connectivity index (χ4v) is 3.60. The maximum atomic E-state index is 12.5. The van der Waals surface area contributed by atoms with Gasteiger partial charge in [0.2, 0.25) is 0 Å². The first-order valence-electron chi connectivity index (χ1n) is 9.10. The highest BCUT2D eigenvalue weighted by molar-refractivity contribution is 6.29. The van der Waals surface area contributed by atoms with Gasteiger partial charge >= 0.3 is 0 Å². The number of nitriles is 1. The molecule has 2 heterocycles. The number of aliphatic hydroxyl groups is 1. The Labute approximate surface area is 177 Å². The molecule has 0 aliphatic heterocycles. The Morgan fingerprint density at radius 2 is 1.80 bits per heavy atom. The van der Waals surface area contributed by atoms with Crippen molar-refractivity contribution in [2.45, 2.75) is 5.72 Å². The number of rotatable bonds is 3. The largest absolute Gasteiger partial charge is 0.368 e. The molecule has 3 N–H and O–H groups in total. The van der Waals surface area contributed by atoms with Crippen LogP contribution < -0.4 is 11.3 Å². The second kappa shape index (κ2) is 7.39. The van der Waals surface area contributed by atoms with Crippen LogP contribution in [-0.2, 0) is 12.8 Å². The number of aromatic nitrogens is 2. The van der Waals surface area contributed by atoms with E-state index in [1.54, 1.807) is 67.7 Å². The zero-order valence-electron chi connectivity index (χ0n) is 16.0. The second-order valence-corrected chi connectivity index (χ2v) is 7.38. The van der Waals surface area contributed by atoms with Crippen LogP contribution in [0.3, 0.4) is 0 Å². The monoisotopic (exact) mass is 416 g/mol. The highest BCUT2D eigenvalue weighted by Crippen LogP contribution is 2.32. The normalized spacial score (nSPS) is 13.0. The van der Waals surface area contributed by atoms with E-state index in [0.29, 0.717) is 44.0 Å². The zero-order chi connectivity index (χ0) is 21.5. The van der Waals surface area contributed by atoms with Gasteiger partial charge in [-0.05, 0) is 36.4 Å². The van der Waals surface area contributed by atoms with Crippen LogP contribution in [0.2, 0.25) is 5.15 Å². The van der Waals surface area contributed by atoms with Gasteiger partial charge < -0.3 is 9.67 Å². The molecule has 0 bridgehead atoms. The Hall–Kier alpha value is -3.50. The number of benzene rings is 2. The Balaban J connectivity index is 1.95. The van der Waals surface area contributed by atoms with E-state index in [2.05, 4.69) is 4.98 Å². The molecule has 4 rings (SSSR count). The summed E-state index contributed by atoms with van der Waals surface area (Å²) < 4.78 is 1.52. The molecular formula is C23H17ClN4O2. The smallest absolute Gasteiger partial charge is 0.251 e. The van der Waals surface area contributed by atoms with E-state index < -0.39 is 5.72 Å². The molecule has 30 heavy (non-hydrogen) atoms. The van der Waals surface area contributed by atoms with Crippen LogP contribution in [0.25, 0.3) is 22.2 Å². The highest BCUT2D eigenvalue weighted by atomic mass is 35.5. The van der Waals surface area contributed by atoms with Crippen molar-refractivity contribution >= 4 is 22.5 Å². The van der Waals surface area contributed by atoms with Crippen LogP contribution in [-0.4, -0.2) is 14.7 Å². The van der Waals surface area contributed by atoms with Crippen LogP contribution >= 0.6 is 11.6 Å². The van der Waals surface area contributed by atoms with E-state index >= 15 is 0 Å². The van der Waals surface area contributed by atoms with Gasteiger partial charge in [0.1, 0.15) is 5.15 Å². The van der Waals surface area contributed by atoms with Crippen LogP contribution in [0.5, 0.6) is 0 Å². The third kappa shape index (κ3) is 3.36. The van der Waals surface area contributed by atoms with Gasteiger partial charge in [0.25, 0.3) is 5.56 Å². The van der Waals surface area contributed by atoms with Crippen molar-refractivity contribution in [3.63, 3.8) is 0 Å². The van der Waals surface area contributed by atoms with Gasteiger partial charge in [-0.2, -0.15) is 5.26 Å². The van der Waals surface area contributed by atoms with E-state index in [0.717, 1.165) is 0 Å². The van der Waals surface area contributed by atoms with Gasteiger partial charge in [-0.15, -0.1) is 0 Å². The molecule has 0 saturated heterocycles. The molecule has 0 radical (unpaired) electrons. The molecule has 0 saturated carbocycles. The van der Waals surface area contributed by atoms with E-state index in [9.17, 15) is 9.90 Å². The highest BCUT2D eigenvalue weighted by Gasteiger charge is 2.27. The molecule has 0 aliphatic carbocycles. The number of pyridine rings is 2. The van der Waals surface area contributed by atoms with E-state index in [1.807, 2.05) is 6.07 Å². The molecule has 2 aromatic heterocycles. The Morgan fingerprint density at radius 3 is 2.47 bits per heavy atom. The van der Waals surface area contributed by atoms with E-state index in [-0.39, 0.29) is 5.56 Å². The molecule has 4 aromatic rings. The summed E-state index contributed by atoms with van der Waals surface area (Å²) in [5.74, 6) is 0. The molecule has 0 amide bonds. The van der Waals surface area contributed by atoms with Gasteiger partial charge in [-0.1, -0.05) is 35.9 Å². The molecule has 0 unspecified atom stereocenters. The molecular weight excluding hydrogens is 400 g/mol. The second-order valence-electron chi connectivity index (χ2n) is 6.99. The predicted octanol–water partition coefficient (Wildman–Crippen LogP) is 3.28. The fourth-order valence-electron chi connectivity index (χ4n) is 3.43. The number of aryl methyl sites for hydroxylation is 1. The average molecular weight is 417 g/mol. The number of hydrogen-bond donors (Lipinski definition) is 2. The van der Waals surface area contributed by atoms with Crippen molar-refractivity contribution < 1.29 is 5.11 Å². The molecule has 0 spiro atoms. The Bertz CT molecular complexity index is 1370. The van der Waals surface area contributed by atoms with Gasteiger partial charge in [-0.3, -0.25) is 10.5 Å². The van der Waals surface area contributed by atoms with Gasteiger partial charge in [0.15, 0.2) is 5.72 Å². The first kappa shape index (κ1) is 19.8. The summed E-state index contributed by atoms with van der Waals surface area (Å²) in [6, 6.07) is 20.3. The number of halogens is 1. The summed E-state index contributed by atoms with van der Waals surface area (Å²) in [5, 5.41) is 21.1. The van der Waals surface area contributed by atoms with Crippen molar-refractivity contribution in [2.24, 2.45) is 12.8 Å². The molecule has 6 nitrogen and oxygen atoms in total. The third-order valence-corrected chi connectivity index (χ3v) is 5.34. The SMILES string of the molecule is Cn1c(=O)cc(-c2cccc(Cl)n2)c2cc([C@](N)(O)c3ccc(C#N)cc3)ccc21. The van der Waals surface area contributed by atoms with Gasteiger partial charge in [0.05, 0.1) is 22.8 Å². The molecule has 0 fully saturated rings. The number of nitrogens with two attached hydrogens (primary N) is 1. The number of hydrogen-bond acceptors (Lipinski definition) is 5. The Kier molecular flexibility index (Phi) is 4.88. The zero-order valence-corrected chi connectivity index (χ0v) is 16.8. The standard InChI is InChI=1S/C23H17ClN4O2/c1-28-20-10-9-16(23(26,30)15-7-5-14(13-25)6-8-15)11-18(20)17(12-22(28)29)19-3-2-4-21(24)27-19/h2-12,30H,26H2,1H3/t23-/m1/s1. The molecule has 0 aliphatic rings. The first-order valence-corrected chi connectivity index (χ1v) is 9.48. The van der Waals surface area contributed by atoms with Crippen LogP contribution in [0, 0.1) is 11.3 Å². The average Bonchev–Trinajstić information content (AvgIpc) is 2.76. The number of nitrogens with zero attached hydrogens (tertiary/aromatic N) is 3. The maximum absolute atomic E-state index is 12.5. The number of fused-ring (bicyclic) bond motifs is 1. The summed E-state index contributed by atoms with van der Waals surface area (Å²) >= 11 is 6.05. The minimum Gasteiger partial charge on any atom is -0.368 e. The first-order chi connectivity index (χ1) is 14.3. The lowest BCUT2D eigenvalue weighted by Crippen LogP contribution is -2.37. The summed E-state index contributed by atoms with van der Waals surface area (Å²) in [7, 11) is 1.68. The fraction of sp³-hybridized carbons (Fsp3) is 0.0870. The summed E-state index contributed by atoms with van der Waals surface area (Å²) in [6.07, 6.45) is 0. The van der Waals surface area contributed by atoms with Crippen molar-refractivity contribution in [1.82, 2.24) is 9.55 Å². The van der Waals surface area contributed by atoms with E-state index in [4.69, 9.17) is 22.6 Å². The quantitative estimate of drug-likeness (QED) is 0.394. The summed E-state index contributed by atoms with van der Waals surface area (Å²) in [6.45, 7) is 0.